The summed E-state index contributed by atoms with van der Waals surface area (Å²) in [6.07, 6.45) is 2.45. The van der Waals surface area contributed by atoms with Crippen LogP contribution in [-0.4, -0.2) is 49.3 Å². The minimum Gasteiger partial charge on any atom is -0.507 e. The monoisotopic (exact) mass is 437 g/mol. The van der Waals surface area contributed by atoms with E-state index in [0.29, 0.717) is 11.4 Å². The van der Waals surface area contributed by atoms with E-state index in [0.717, 1.165) is 16.7 Å². The topological polar surface area (TPSA) is 114 Å². The third kappa shape index (κ3) is 3.70. The quantitative estimate of drug-likeness (QED) is 0.354. The van der Waals surface area contributed by atoms with E-state index in [1.807, 2.05) is 18.2 Å². The van der Waals surface area contributed by atoms with Crippen LogP contribution in [0, 0.1) is 0 Å². The predicted molar refractivity (Wildman–Crippen MR) is 116 cm³/mol. The van der Waals surface area contributed by atoms with Gasteiger partial charge in [-0.15, -0.1) is 10.2 Å². The molecule has 0 radical (unpaired) electrons. The van der Waals surface area contributed by atoms with Gasteiger partial charge >= 0.3 is 6.16 Å². The number of phenolic OH excluding ortho intramolecular Hbond substituents is 1. The first-order valence-electron chi connectivity index (χ1n) is 10.1. The third-order valence-electron chi connectivity index (χ3n) is 4.92. The SMILES string of the molecule is CCOC(=O)Oc1cc(O)c(-c2nncn2-c2cccc3c2ncn3C(C)C)cc1OC. The molecule has 0 aliphatic heterocycles. The van der Waals surface area contributed by atoms with Gasteiger partial charge in [0.25, 0.3) is 0 Å². The molecule has 0 aliphatic carbocycles. The number of hydrogen-bond donors (Lipinski definition) is 1. The number of aromatic nitrogens is 5. The first-order valence-corrected chi connectivity index (χ1v) is 10.1. The van der Waals surface area contributed by atoms with Gasteiger partial charge in [-0.1, -0.05) is 6.07 Å². The molecule has 0 amide bonds. The van der Waals surface area contributed by atoms with Crippen molar-refractivity contribution in [2.75, 3.05) is 13.7 Å². The Morgan fingerprint density at radius 1 is 1.19 bits per heavy atom. The molecule has 1 N–H and O–H groups in total. The number of ether oxygens (including phenoxy) is 3. The lowest BCUT2D eigenvalue weighted by Crippen LogP contribution is -2.10. The summed E-state index contributed by atoms with van der Waals surface area (Å²) in [5.74, 6) is 0.452. The second-order valence-electron chi connectivity index (χ2n) is 7.22. The molecule has 2 aromatic heterocycles. The lowest BCUT2D eigenvalue weighted by molar-refractivity contribution is 0.103. The molecule has 0 fully saturated rings. The minimum atomic E-state index is -0.895. The number of phenols is 1. The van der Waals surface area contributed by atoms with Crippen LogP contribution in [0.15, 0.2) is 43.0 Å². The van der Waals surface area contributed by atoms with Crippen LogP contribution in [0.1, 0.15) is 26.8 Å². The van der Waals surface area contributed by atoms with Crippen LogP contribution in [0.5, 0.6) is 17.2 Å². The molecule has 166 valence electrons. The number of hydrogen-bond acceptors (Lipinski definition) is 8. The zero-order valence-corrected chi connectivity index (χ0v) is 18.1. The van der Waals surface area contributed by atoms with E-state index in [1.54, 1.807) is 24.1 Å². The zero-order valence-electron chi connectivity index (χ0n) is 18.1. The molecule has 32 heavy (non-hydrogen) atoms. The molecule has 2 aromatic carbocycles. The maximum atomic E-state index is 11.7. The van der Waals surface area contributed by atoms with Crippen LogP contribution >= 0.6 is 0 Å². The van der Waals surface area contributed by atoms with Gasteiger partial charge in [0.15, 0.2) is 17.3 Å². The van der Waals surface area contributed by atoms with Crippen molar-refractivity contribution in [2.45, 2.75) is 26.8 Å². The zero-order chi connectivity index (χ0) is 22.8. The van der Waals surface area contributed by atoms with E-state index in [2.05, 4.69) is 33.6 Å². The van der Waals surface area contributed by atoms with Gasteiger partial charge in [-0.3, -0.25) is 4.57 Å². The van der Waals surface area contributed by atoms with E-state index in [1.165, 1.54) is 19.2 Å². The van der Waals surface area contributed by atoms with Gasteiger partial charge in [0.2, 0.25) is 0 Å². The van der Waals surface area contributed by atoms with Crippen LogP contribution in [-0.2, 0) is 4.74 Å². The smallest absolute Gasteiger partial charge is 0.507 e. The number of carbonyl (C=O) groups excluding carboxylic acids is 1. The Bertz CT molecular complexity index is 1280. The highest BCUT2D eigenvalue weighted by Crippen LogP contribution is 2.40. The van der Waals surface area contributed by atoms with Gasteiger partial charge in [0.05, 0.1) is 36.8 Å². The van der Waals surface area contributed by atoms with Crippen molar-refractivity contribution in [3.05, 3.63) is 43.0 Å². The van der Waals surface area contributed by atoms with Crippen LogP contribution < -0.4 is 9.47 Å². The fourth-order valence-corrected chi connectivity index (χ4v) is 3.45. The van der Waals surface area contributed by atoms with Crippen molar-refractivity contribution < 1.29 is 24.1 Å². The number of methoxy groups -OCH3 is 1. The lowest BCUT2D eigenvalue weighted by atomic mass is 10.1. The van der Waals surface area contributed by atoms with Crippen LogP contribution in [0.4, 0.5) is 4.79 Å². The number of imidazole rings is 1. The summed E-state index contributed by atoms with van der Waals surface area (Å²) in [4.78, 5) is 16.3. The number of rotatable bonds is 6. The van der Waals surface area contributed by atoms with E-state index in [4.69, 9.17) is 14.2 Å². The highest BCUT2D eigenvalue weighted by molar-refractivity contribution is 5.85. The lowest BCUT2D eigenvalue weighted by Gasteiger charge is -2.13. The number of carbonyl (C=O) groups is 1. The van der Waals surface area contributed by atoms with Gasteiger partial charge < -0.3 is 23.9 Å². The van der Waals surface area contributed by atoms with Crippen LogP contribution in [0.3, 0.4) is 0 Å². The largest absolute Gasteiger partial charge is 0.513 e. The molecule has 0 saturated carbocycles. The molecule has 4 aromatic rings. The predicted octanol–water partition coefficient (Wildman–Crippen LogP) is 4.11. The summed E-state index contributed by atoms with van der Waals surface area (Å²) in [5.41, 5.74) is 2.84. The summed E-state index contributed by atoms with van der Waals surface area (Å²) >= 11 is 0. The average molecular weight is 437 g/mol. The van der Waals surface area contributed by atoms with Crippen LogP contribution in [0.2, 0.25) is 0 Å². The molecule has 0 atom stereocenters. The third-order valence-corrected chi connectivity index (χ3v) is 4.92. The number of benzene rings is 2. The highest BCUT2D eigenvalue weighted by atomic mass is 16.7. The summed E-state index contributed by atoms with van der Waals surface area (Å²) < 4.78 is 19.1. The minimum absolute atomic E-state index is 0.0241. The fourth-order valence-electron chi connectivity index (χ4n) is 3.45. The van der Waals surface area contributed by atoms with Gasteiger partial charge in [0.1, 0.15) is 17.6 Å². The maximum Gasteiger partial charge on any atom is 0.513 e. The molecule has 0 bridgehead atoms. The van der Waals surface area contributed by atoms with Crippen molar-refractivity contribution >= 4 is 17.2 Å². The maximum absolute atomic E-state index is 11.7. The first-order chi connectivity index (χ1) is 15.4. The molecule has 0 unspecified atom stereocenters. The average Bonchev–Trinajstić information content (AvgIpc) is 3.41. The van der Waals surface area contributed by atoms with Gasteiger partial charge in [-0.2, -0.15) is 0 Å². The Morgan fingerprint density at radius 2 is 2.00 bits per heavy atom. The van der Waals surface area contributed by atoms with Crippen molar-refractivity contribution in [1.29, 1.82) is 0 Å². The molecule has 4 rings (SSSR count). The first kappa shape index (κ1) is 21.2. The van der Waals surface area contributed by atoms with Crippen molar-refractivity contribution in [2.24, 2.45) is 0 Å². The van der Waals surface area contributed by atoms with E-state index >= 15 is 0 Å². The summed E-state index contributed by atoms with van der Waals surface area (Å²) in [5, 5.41) is 18.9. The highest BCUT2D eigenvalue weighted by Gasteiger charge is 2.21. The fraction of sp³-hybridized carbons (Fsp3) is 0.273. The number of para-hydroxylation sites is 1. The molecule has 0 spiro atoms. The van der Waals surface area contributed by atoms with Gasteiger partial charge in [-0.05, 0) is 39.0 Å². The van der Waals surface area contributed by atoms with Gasteiger partial charge in [-0.25, -0.2) is 9.78 Å². The Morgan fingerprint density at radius 3 is 2.72 bits per heavy atom. The Balaban J connectivity index is 1.81. The molecule has 10 heteroatoms. The molecular formula is C22H23N5O5. The number of nitrogens with zero attached hydrogens (tertiary/aromatic N) is 5. The Hall–Kier alpha value is -4.08. The van der Waals surface area contributed by atoms with Crippen molar-refractivity contribution in [3.63, 3.8) is 0 Å². The van der Waals surface area contributed by atoms with Gasteiger partial charge in [0, 0.05) is 12.1 Å². The Kier molecular flexibility index (Phi) is 5.67. The van der Waals surface area contributed by atoms with E-state index in [9.17, 15) is 9.90 Å². The van der Waals surface area contributed by atoms with E-state index < -0.39 is 6.16 Å². The summed E-state index contributed by atoms with van der Waals surface area (Å²) in [6.45, 7) is 5.99. The van der Waals surface area contributed by atoms with Crippen molar-refractivity contribution in [3.8, 4) is 34.3 Å². The number of fused-ring (bicyclic) bond motifs is 1. The normalized spacial score (nSPS) is 11.2. The molecule has 10 nitrogen and oxygen atoms in total. The standard InChI is InChI=1S/C22H23N5O5/c1-5-31-22(29)32-19-10-17(28)14(9-18(19)30-4)21-25-24-12-27(21)16-8-6-7-15-20(16)23-11-26(15)13(2)3/h6-13,28H,5H2,1-4H3. The number of aromatic hydroxyl groups is 1. The summed E-state index contributed by atoms with van der Waals surface area (Å²) in [7, 11) is 1.43. The second-order valence-corrected chi connectivity index (χ2v) is 7.22. The molecular weight excluding hydrogens is 414 g/mol. The molecule has 0 saturated heterocycles. The van der Waals surface area contributed by atoms with E-state index in [-0.39, 0.29) is 29.9 Å². The second kappa shape index (κ2) is 8.58. The molecule has 0 aliphatic rings. The van der Waals surface area contributed by atoms with Crippen molar-refractivity contribution in [1.82, 2.24) is 24.3 Å². The Labute approximate surface area is 184 Å². The molecule has 2 heterocycles. The summed E-state index contributed by atoms with van der Waals surface area (Å²) in [6, 6.07) is 8.88. The van der Waals surface area contributed by atoms with Crippen LogP contribution in [0.25, 0.3) is 28.1 Å².